The average molecular weight is 396 g/mol. The average Bonchev–Trinajstić information content (AvgIpc) is 2.53. The SMILES string of the molecule is CCCN1CCCC(c2cc(OS(=O)(=O)C(F)(F)F)ccc2[N+](=O)[O-])C1. The standard InChI is InChI=1S/C15H19F3N2O5S/c1-2-7-19-8-3-4-11(10-19)13-9-12(5-6-14(13)20(21)22)25-26(23,24)15(16,17)18/h5-6,9,11H,2-4,7-8,10H2,1H3. The van der Waals surface area contributed by atoms with Crippen LogP contribution in [0.4, 0.5) is 18.9 Å². The Labute approximate surface area is 149 Å². The molecule has 1 fully saturated rings. The summed E-state index contributed by atoms with van der Waals surface area (Å²) in [6, 6.07) is 2.87. The molecule has 11 heteroatoms. The number of rotatable bonds is 6. The van der Waals surface area contributed by atoms with Gasteiger partial charge in [0.05, 0.1) is 4.92 Å². The van der Waals surface area contributed by atoms with Gasteiger partial charge in [-0.25, -0.2) is 0 Å². The second-order valence-electron chi connectivity index (χ2n) is 6.10. The zero-order chi connectivity index (χ0) is 19.5. The molecule has 26 heavy (non-hydrogen) atoms. The predicted octanol–water partition coefficient (Wildman–Crippen LogP) is 3.41. The number of halogens is 3. The Balaban J connectivity index is 2.36. The van der Waals surface area contributed by atoms with E-state index in [2.05, 4.69) is 9.08 Å². The van der Waals surface area contributed by atoms with Crippen LogP contribution in [0, 0.1) is 10.1 Å². The van der Waals surface area contributed by atoms with Crippen LogP contribution < -0.4 is 4.18 Å². The van der Waals surface area contributed by atoms with E-state index in [0.717, 1.165) is 44.1 Å². The highest BCUT2D eigenvalue weighted by atomic mass is 32.2. The van der Waals surface area contributed by atoms with Gasteiger partial charge in [0.2, 0.25) is 0 Å². The lowest BCUT2D eigenvalue weighted by Crippen LogP contribution is -2.35. The summed E-state index contributed by atoms with van der Waals surface area (Å²) in [6.07, 6.45) is 2.31. The molecule has 1 saturated heterocycles. The number of nitro benzene ring substituents is 1. The van der Waals surface area contributed by atoms with E-state index < -0.39 is 26.3 Å². The van der Waals surface area contributed by atoms with Gasteiger partial charge in [-0.15, -0.1) is 0 Å². The number of hydrogen-bond donors (Lipinski definition) is 0. The van der Waals surface area contributed by atoms with Crippen LogP contribution in [-0.2, 0) is 10.1 Å². The van der Waals surface area contributed by atoms with Crippen LogP contribution in [0.25, 0.3) is 0 Å². The van der Waals surface area contributed by atoms with Crippen molar-refractivity contribution in [3.05, 3.63) is 33.9 Å². The third-order valence-electron chi connectivity index (χ3n) is 4.17. The third kappa shape index (κ3) is 4.64. The molecule has 1 aliphatic heterocycles. The lowest BCUT2D eigenvalue weighted by molar-refractivity contribution is -0.385. The minimum Gasteiger partial charge on any atom is -0.376 e. The van der Waals surface area contributed by atoms with E-state index in [-0.39, 0.29) is 17.2 Å². The molecule has 0 radical (unpaired) electrons. The van der Waals surface area contributed by atoms with Crippen molar-refractivity contribution in [1.82, 2.24) is 4.90 Å². The maximum absolute atomic E-state index is 12.5. The molecular weight excluding hydrogens is 377 g/mol. The van der Waals surface area contributed by atoms with Gasteiger partial charge in [0.15, 0.2) is 0 Å². The van der Waals surface area contributed by atoms with Gasteiger partial charge in [-0.3, -0.25) is 10.1 Å². The molecular formula is C15H19F3N2O5S. The number of benzene rings is 1. The highest BCUT2D eigenvalue weighted by Crippen LogP contribution is 2.37. The summed E-state index contributed by atoms with van der Waals surface area (Å²) in [4.78, 5) is 12.8. The molecule has 7 nitrogen and oxygen atoms in total. The summed E-state index contributed by atoms with van der Waals surface area (Å²) >= 11 is 0. The number of nitro groups is 1. The molecule has 0 bridgehead atoms. The number of hydrogen-bond acceptors (Lipinski definition) is 6. The second kappa shape index (κ2) is 7.78. The van der Waals surface area contributed by atoms with E-state index in [0.29, 0.717) is 13.0 Å². The topological polar surface area (TPSA) is 89.8 Å². The van der Waals surface area contributed by atoms with Gasteiger partial charge in [0.25, 0.3) is 5.69 Å². The monoisotopic (exact) mass is 396 g/mol. The van der Waals surface area contributed by atoms with Crippen molar-refractivity contribution in [3.63, 3.8) is 0 Å². The normalized spacial score (nSPS) is 19.3. The summed E-state index contributed by atoms with van der Waals surface area (Å²) in [5.41, 5.74) is -5.65. The zero-order valence-corrected chi connectivity index (χ0v) is 14.8. The molecule has 0 amide bonds. The van der Waals surface area contributed by atoms with Crippen molar-refractivity contribution in [1.29, 1.82) is 0 Å². The number of nitrogens with zero attached hydrogens (tertiary/aromatic N) is 2. The highest BCUT2D eigenvalue weighted by Gasteiger charge is 2.48. The van der Waals surface area contributed by atoms with E-state index in [1.807, 2.05) is 6.92 Å². The number of alkyl halides is 3. The minimum absolute atomic E-state index is 0.186. The van der Waals surface area contributed by atoms with E-state index in [4.69, 9.17) is 0 Å². The first kappa shape index (κ1) is 20.4. The first-order valence-electron chi connectivity index (χ1n) is 8.06. The van der Waals surface area contributed by atoms with E-state index in [1.165, 1.54) is 0 Å². The molecule has 0 spiro atoms. The lowest BCUT2D eigenvalue weighted by Gasteiger charge is -2.32. The lowest BCUT2D eigenvalue weighted by atomic mass is 9.89. The molecule has 0 saturated carbocycles. The van der Waals surface area contributed by atoms with Crippen molar-refractivity contribution in [2.45, 2.75) is 37.6 Å². The maximum atomic E-state index is 12.5. The first-order chi connectivity index (χ1) is 12.0. The number of likely N-dealkylation sites (tertiary alicyclic amines) is 1. The minimum atomic E-state index is -5.83. The molecule has 0 N–H and O–H groups in total. The van der Waals surface area contributed by atoms with Crippen molar-refractivity contribution >= 4 is 15.8 Å². The molecule has 1 aliphatic rings. The Morgan fingerprint density at radius 2 is 2.08 bits per heavy atom. The van der Waals surface area contributed by atoms with Crippen LogP contribution in [0.15, 0.2) is 18.2 Å². The van der Waals surface area contributed by atoms with Gasteiger partial charge in [-0.05, 0) is 44.5 Å². The molecule has 1 heterocycles. The molecule has 2 rings (SSSR count). The summed E-state index contributed by atoms with van der Waals surface area (Å²) in [7, 11) is -5.83. The van der Waals surface area contributed by atoms with Gasteiger partial charge in [-0.2, -0.15) is 21.6 Å². The van der Waals surface area contributed by atoms with Crippen molar-refractivity contribution in [3.8, 4) is 5.75 Å². The Bertz CT molecular complexity index is 765. The van der Waals surface area contributed by atoms with Crippen LogP contribution in [0.2, 0.25) is 0 Å². The van der Waals surface area contributed by atoms with Crippen molar-refractivity contribution < 1.29 is 30.7 Å². The predicted molar refractivity (Wildman–Crippen MR) is 87.4 cm³/mol. The summed E-state index contributed by atoms with van der Waals surface area (Å²) in [6.45, 7) is 4.17. The Morgan fingerprint density at radius 3 is 2.65 bits per heavy atom. The van der Waals surface area contributed by atoms with Gasteiger partial charge in [0, 0.05) is 24.1 Å². The van der Waals surface area contributed by atoms with Crippen molar-refractivity contribution in [2.75, 3.05) is 19.6 Å². The zero-order valence-electron chi connectivity index (χ0n) is 14.0. The molecule has 1 unspecified atom stereocenters. The second-order valence-corrected chi connectivity index (χ2v) is 7.64. The van der Waals surface area contributed by atoms with Gasteiger partial charge >= 0.3 is 15.6 Å². The van der Waals surface area contributed by atoms with Crippen LogP contribution >= 0.6 is 0 Å². The summed E-state index contributed by atoms with van der Waals surface area (Å²) < 4.78 is 63.9. The number of piperidine rings is 1. The summed E-state index contributed by atoms with van der Waals surface area (Å²) in [5.74, 6) is -0.872. The van der Waals surface area contributed by atoms with Gasteiger partial charge in [0.1, 0.15) is 5.75 Å². The third-order valence-corrected chi connectivity index (χ3v) is 5.15. The Kier molecular flexibility index (Phi) is 6.12. The fourth-order valence-electron chi connectivity index (χ4n) is 3.08. The Morgan fingerprint density at radius 1 is 1.38 bits per heavy atom. The molecule has 0 aliphatic carbocycles. The fraction of sp³-hybridized carbons (Fsp3) is 0.600. The van der Waals surface area contributed by atoms with E-state index in [1.54, 1.807) is 0 Å². The quantitative estimate of drug-likeness (QED) is 0.317. The molecule has 0 aromatic heterocycles. The molecule has 1 aromatic carbocycles. The van der Waals surface area contributed by atoms with Crippen LogP contribution in [0.5, 0.6) is 5.75 Å². The maximum Gasteiger partial charge on any atom is 0.534 e. The van der Waals surface area contributed by atoms with Gasteiger partial charge in [-0.1, -0.05) is 6.92 Å². The molecule has 146 valence electrons. The van der Waals surface area contributed by atoms with E-state index >= 15 is 0 Å². The smallest absolute Gasteiger partial charge is 0.376 e. The highest BCUT2D eigenvalue weighted by molar-refractivity contribution is 7.88. The van der Waals surface area contributed by atoms with E-state index in [9.17, 15) is 31.7 Å². The van der Waals surface area contributed by atoms with Crippen LogP contribution in [-0.4, -0.2) is 43.4 Å². The van der Waals surface area contributed by atoms with Gasteiger partial charge < -0.3 is 9.08 Å². The fourth-order valence-corrected chi connectivity index (χ4v) is 3.53. The summed E-state index contributed by atoms with van der Waals surface area (Å²) in [5, 5.41) is 11.3. The molecule has 1 aromatic rings. The largest absolute Gasteiger partial charge is 0.534 e. The van der Waals surface area contributed by atoms with Crippen molar-refractivity contribution in [2.24, 2.45) is 0 Å². The van der Waals surface area contributed by atoms with Crippen LogP contribution in [0.1, 0.15) is 37.7 Å². The van der Waals surface area contributed by atoms with Crippen LogP contribution in [0.3, 0.4) is 0 Å². The Hall–Kier alpha value is -1.88. The molecule has 1 atom stereocenters. The first-order valence-corrected chi connectivity index (χ1v) is 9.47.